The van der Waals surface area contributed by atoms with Crippen LogP contribution in [0.4, 0.5) is 13.2 Å². The number of benzene rings is 1. The third kappa shape index (κ3) is 6.18. The summed E-state index contributed by atoms with van der Waals surface area (Å²) in [4.78, 5) is 22.0. The molecule has 0 amide bonds. The number of hydrogen-bond acceptors (Lipinski definition) is 2. The minimum absolute atomic E-state index is 0.0225. The van der Waals surface area contributed by atoms with Gasteiger partial charge in [0.25, 0.3) is 0 Å². The van der Waals surface area contributed by atoms with Crippen molar-refractivity contribution in [2.24, 2.45) is 0 Å². The van der Waals surface area contributed by atoms with Gasteiger partial charge in [0.15, 0.2) is 0 Å². The molecule has 0 spiro atoms. The largest absolute Gasteiger partial charge is 0.449 e. The second kappa shape index (κ2) is 7.07. The quantitative estimate of drug-likeness (QED) is 0.761. The van der Waals surface area contributed by atoms with Crippen LogP contribution >= 0.6 is 0 Å². The Morgan fingerprint density at radius 1 is 0.947 bits per heavy atom. The Hall–Kier alpha value is -1.65. The Morgan fingerprint density at radius 2 is 1.58 bits per heavy atom. The van der Waals surface area contributed by atoms with Crippen molar-refractivity contribution in [3.05, 3.63) is 35.9 Å². The Labute approximate surface area is 109 Å². The number of Topliss-reactive ketones (excluding diaryl/α,β-unsaturated/α-hetero) is 2. The van der Waals surface area contributed by atoms with E-state index in [1.807, 2.05) is 30.3 Å². The zero-order valence-corrected chi connectivity index (χ0v) is 10.4. The van der Waals surface area contributed by atoms with E-state index in [9.17, 15) is 22.8 Å². The minimum Gasteiger partial charge on any atom is -0.300 e. The van der Waals surface area contributed by atoms with Crippen molar-refractivity contribution >= 4 is 11.6 Å². The van der Waals surface area contributed by atoms with Gasteiger partial charge in [0.1, 0.15) is 5.78 Å². The number of hydrogen-bond donors (Lipinski definition) is 0. The van der Waals surface area contributed by atoms with E-state index in [-0.39, 0.29) is 18.6 Å². The highest BCUT2D eigenvalue weighted by Crippen LogP contribution is 2.19. The van der Waals surface area contributed by atoms with Gasteiger partial charge in [-0.15, -0.1) is 0 Å². The van der Waals surface area contributed by atoms with Crippen LogP contribution in [-0.2, 0) is 16.0 Å². The van der Waals surface area contributed by atoms with E-state index < -0.39 is 18.4 Å². The van der Waals surface area contributed by atoms with Crippen molar-refractivity contribution in [3.63, 3.8) is 0 Å². The smallest absolute Gasteiger partial charge is 0.300 e. The summed E-state index contributed by atoms with van der Waals surface area (Å²) in [6.07, 6.45) is -4.54. The van der Waals surface area contributed by atoms with Gasteiger partial charge < -0.3 is 0 Å². The molecule has 0 unspecified atom stereocenters. The molecule has 104 valence electrons. The average Bonchev–Trinajstić information content (AvgIpc) is 2.36. The van der Waals surface area contributed by atoms with Crippen LogP contribution in [0.5, 0.6) is 0 Å². The number of carbonyl (C=O) groups is 2. The average molecular weight is 272 g/mol. The van der Waals surface area contributed by atoms with Crippen molar-refractivity contribution in [2.45, 2.75) is 38.3 Å². The maximum Gasteiger partial charge on any atom is 0.449 e. The van der Waals surface area contributed by atoms with Gasteiger partial charge in [-0.05, 0) is 18.4 Å². The lowest BCUT2D eigenvalue weighted by atomic mass is 10.0. The first-order valence-electron chi connectivity index (χ1n) is 6.05. The Bertz CT molecular complexity index is 424. The highest BCUT2D eigenvalue weighted by Gasteiger charge is 2.37. The van der Waals surface area contributed by atoms with Crippen LogP contribution in [-0.4, -0.2) is 17.7 Å². The summed E-state index contributed by atoms with van der Waals surface area (Å²) in [6.45, 7) is 0. The van der Waals surface area contributed by atoms with Gasteiger partial charge in [-0.1, -0.05) is 30.3 Å². The zero-order chi connectivity index (χ0) is 14.3. The fourth-order valence-corrected chi connectivity index (χ4v) is 1.64. The molecule has 19 heavy (non-hydrogen) atoms. The van der Waals surface area contributed by atoms with E-state index in [4.69, 9.17) is 0 Å². The summed E-state index contributed by atoms with van der Waals surface area (Å²) in [6, 6.07) is 9.37. The molecule has 0 heterocycles. The van der Waals surface area contributed by atoms with Crippen molar-refractivity contribution in [1.82, 2.24) is 0 Å². The third-order valence-corrected chi connectivity index (χ3v) is 2.71. The zero-order valence-electron chi connectivity index (χ0n) is 10.4. The molecule has 0 aliphatic rings. The van der Waals surface area contributed by atoms with Crippen molar-refractivity contribution in [3.8, 4) is 0 Å². The maximum atomic E-state index is 11.9. The van der Waals surface area contributed by atoms with E-state index in [2.05, 4.69) is 0 Å². The molecule has 0 fully saturated rings. The molecule has 0 aromatic heterocycles. The fraction of sp³-hybridized carbons (Fsp3) is 0.429. The van der Waals surface area contributed by atoms with E-state index in [0.29, 0.717) is 12.8 Å². The van der Waals surface area contributed by atoms with Crippen LogP contribution < -0.4 is 0 Å². The van der Waals surface area contributed by atoms with Gasteiger partial charge in [0.2, 0.25) is 5.78 Å². The molecule has 0 aliphatic heterocycles. The highest BCUT2D eigenvalue weighted by molar-refractivity contribution is 5.85. The lowest BCUT2D eigenvalue weighted by Gasteiger charge is -2.04. The summed E-state index contributed by atoms with van der Waals surface area (Å²) in [5.41, 5.74) is 1.02. The molecule has 1 aromatic rings. The van der Waals surface area contributed by atoms with Gasteiger partial charge in [-0.3, -0.25) is 9.59 Å². The van der Waals surface area contributed by atoms with Crippen molar-refractivity contribution in [1.29, 1.82) is 0 Å². The number of ketones is 2. The summed E-state index contributed by atoms with van der Waals surface area (Å²) >= 11 is 0. The van der Waals surface area contributed by atoms with Crippen LogP contribution in [0.1, 0.15) is 31.2 Å². The molecular weight excluding hydrogens is 257 g/mol. The van der Waals surface area contributed by atoms with Crippen LogP contribution in [0, 0.1) is 0 Å². The van der Waals surface area contributed by atoms with E-state index >= 15 is 0 Å². The standard InChI is InChI=1S/C14H15F3O2/c15-14(16,17)13(19)8-4-7-12(18)10-9-11-5-2-1-3-6-11/h1-3,5-6H,4,7-10H2. The monoisotopic (exact) mass is 272 g/mol. The first-order chi connectivity index (χ1) is 8.89. The van der Waals surface area contributed by atoms with Crippen molar-refractivity contribution in [2.75, 3.05) is 0 Å². The maximum absolute atomic E-state index is 11.9. The third-order valence-electron chi connectivity index (χ3n) is 2.71. The van der Waals surface area contributed by atoms with Gasteiger partial charge in [0.05, 0.1) is 0 Å². The van der Waals surface area contributed by atoms with Crippen LogP contribution in [0.25, 0.3) is 0 Å². The highest BCUT2D eigenvalue weighted by atomic mass is 19.4. The van der Waals surface area contributed by atoms with E-state index in [1.54, 1.807) is 0 Å². The van der Waals surface area contributed by atoms with E-state index in [1.165, 1.54) is 0 Å². The Morgan fingerprint density at radius 3 is 2.16 bits per heavy atom. The van der Waals surface area contributed by atoms with Gasteiger partial charge in [-0.25, -0.2) is 0 Å². The molecule has 2 nitrogen and oxygen atoms in total. The van der Waals surface area contributed by atoms with Gasteiger partial charge in [0, 0.05) is 19.3 Å². The lowest BCUT2D eigenvalue weighted by Crippen LogP contribution is -2.22. The van der Waals surface area contributed by atoms with Crippen LogP contribution in [0.3, 0.4) is 0 Å². The fourth-order valence-electron chi connectivity index (χ4n) is 1.64. The molecule has 0 bridgehead atoms. The molecule has 0 atom stereocenters. The second-order valence-electron chi connectivity index (χ2n) is 4.30. The minimum atomic E-state index is -4.78. The van der Waals surface area contributed by atoms with Crippen molar-refractivity contribution < 1.29 is 22.8 Å². The molecule has 0 radical (unpaired) electrons. The second-order valence-corrected chi connectivity index (χ2v) is 4.30. The summed E-state index contributed by atoms with van der Waals surface area (Å²) < 4.78 is 35.7. The predicted molar refractivity (Wildman–Crippen MR) is 64.7 cm³/mol. The number of rotatable bonds is 7. The lowest BCUT2D eigenvalue weighted by molar-refractivity contribution is -0.171. The van der Waals surface area contributed by atoms with E-state index in [0.717, 1.165) is 5.56 Å². The molecule has 0 saturated carbocycles. The number of halogens is 3. The first-order valence-corrected chi connectivity index (χ1v) is 6.05. The molecule has 1 rings (SSSR count). The topological polar surface area (TPSA) is 34.1 Å². The molecule has 0 saturated heterocycles. The van der Waals surface area contributed by atoms with Gasteiger partial charge in [-0.2, -0.15) is 13.2 Å². The normalized spacial score (nSPS) is 11.3. The molecular formula is C14H15F3O2. The SMILES string of the molecule is O=C(CCCC(=O)C(F)(F)F)CCc1ccccc1. The Balaban J connectivity index is 2.20. The Kier molecular flexibility index (Phi) is 5.73. The van der Waals surface area contributed by atoms with Gasteiger partial charge >= 0.3 is 6.18 Å². The molecule has 5 heteroatoms. The molecule has 0 N–H and O–H groups in total. The number of aryl methyl sites for hydroxylation is 1. The molecule has 1 aromatic carbocycles. The summed E-state index contributed by atoms with van der Waals surface area (Å²) in [7, 11) is 0. The first kappa shape index (κ1) is 15.4. The summed E-state index contributed by atoms with van der Waals surface area (Å²) in [5, 5.41) is 0. The van der Waals surface area contributed by atoms with Crippen LogP contribution in [0.2, 0.25) is 0 Å². The van der Waals surface area contributed by atoms with Crippen LogP contribution in [0.15, 0.2) is 30.3 Å². The number of alkyl halides is 3. The predicted octanol–water partition coefficient (Wildman–Crippen LogP) is 3.49. The number of carbonyl (C=O) groups excluding carboxylic acids is 2. The molecule has 0 aliphatic carbocycles. The summed E-state index contributed by atoms with van der Waals surface area (Å²) in [5.74, 6) is -1.87.